The third kappa shape index (κ3) is 2.77. The summed E-state index contributed by atoms with van der Waals surface area (Å²) in [6, 6.07) is 12.0. The van der Waals surface area contributed by atoms with E-state index in [2.05, 4.69) is 4.98 Å². The van der Waals surface area contributed by atoms with E-state index in [0.29, 0.717) is 5.49 Å². The summed E-state index contributed by atoms with van der Waals surface area (Å²) < 4.78 is 11.0. The molecule has 0 bridgehead atoms. The number of rotatable bonds is 3. The van der Waals surface area contributed by atoms with Crippen LogP contribution in [0.4, 0.5) is 0 Å². The van der Waals surface area contributed by atoms with Gasteiger partial charge in [0.2, 0.25) is 0 Å². The van der Waals surface area contributed by atoms with Crippen molar-refractivity contribution in [3.05, 3.63) is 36.4 Å². The zero-order valence-corrected chi connectivity index (χ0v) is 10.1. The molecule has 0 aliphatic heterocycles. The molecule has 0 fully saturated rings. The minimum Gasteiger partial charge on any atom is -0.241 e. The summed E-state index contributed by atoms with van der Waals surface area (Å²) in [5.41, 5.74) is 1.63. The number of fused-ring (bicyclic) bond motifs is 1. The number of thioether (sulfide) groups is 1. The van der Waals surface area contributed by atoms with E-state index in [1.165, 1.54) is 0 Å². The molecule has 2 nitrogen and oxygen atoms in total. The van der Waals surface area contributed by atoms with Gasteiger partial charge in [0.1, 0.15) is 11.7 Å². The fraction of sp³-hybridized carbons (Fsp3) is 0.182. The highest BCUT2D eigenvalue weighted by molar-refractivity contribution is 8.03. The molecule has 1 atom stereocenters. The molecule has 1 unspecified atom stereocenters. The molecule has 4 heteroatoms. The molecule has 1 heterocycles. The third-order valence-corrected chi connectivity index (χ3v) is 4.46. The molecule has 0 saturated carbocycles. The van der Waals surface area contributed by atoms with E-state index >= 15 is 0 Å². The van der Waals surface area contributed by atoms with Gasteiger partial charge in [-0.05, 0) is 12.1 Å². The van der Waals surface area contributed by atoms with Crippen LogP contribution >= 0.6 is 19.6 Å². The van der Waals surface area contributed by atoms with Crippen molar-refractivity contribution in [2.75, 3.05) is 12.2 Å². The number of hydrogen-bond acceptors (Lipinski definition) is 3. The summed E-state index contributed by atoms with van der Waals surface area (Å²) in [4.78, 5) is 4.48. The Morgan fingerprint density at radius 1 is 1.27 bits per heavy atom. The van der Waals surface area contributed by atoms with Crippen molar-refractivity contribution in [2.45, 2.75) is 5.03 Å². The molecule has 0 amide bonds. The second-order valence-corrected chi connectivity index (χ2v) is 6.24. The van der Waals surface area contributed by atoms with Gasteiger partial charge in [-0.15, -0.1) is 0 Å². The summed E-state index contributed by atoms with van der Waals surface area (Å²) >= 11 is 1.55. The van der Waals surface area contributed by atoms with E-state index in [-0.39, 0.29) is 0 Å². The molecule has 0 aliphatic rings. The van der Waals surface area contributed by atoms with E-state index in [1.807, 2.05) is 36.4 Å². The maximum Gasteiger partial charge on any atom is 0.346 e. The van der Waals surface area contributed by atoms with Crippen LogP contribution in [-0.2, 0) is 4.57 Å². The standard InChI is InChI=1S/C11H11NOPS/c1-14(13)8-15-11-7-6-9-4-2-3-5-10(9)12-11/h2-7H,8H2,1H3/q+1. The topological polar surface area (TPSA) is 30.0 Å². The van der Waals surface area contributed by atoms with E-state index in [9.17, 15) is 4.57 Å². The van der Waals surface area contributed by atoms with Gasteiger partial charge in [0.15, 0.2) is 5.49 Å². The van der Waals surface area contributed by atoms with Crippen molar-refractivity contribution in [1.82, 2.24) is 4.98 Å². The van der Waals surface area contributed by atoms with Crippen LogP contribution < -0.4 is 0 Å². The van der Waals surface area contributed by atoms with Crippen LogP contribution in [0, 0.1) is 0 Å². The lowest BCUT2D eigenvalue weighted by atomic mass is 10.2. The molecule has 0 saturated heterocycles. The van der Waals surface area contributed by atoms with Crippen LogP contribution in [0.5, 0.6) is 0 Å². The first kappa shape index (κ1) is 10.6. The molecule has 0 spiro atoms. The highest BCUT2D eigenvalue weighted by Gasteiger charge is 2.07. The van der Waals surface area contributed by atoms with Gasteiger partial charge in [-0.25, -0.2) is 4.98 Å². The van der Waals surface area contributed by atoms with Crippen molar-refractivity contribution < 1.29 is 4.57 Å². The Hall–Kier alpha value is -0.920. The lowest BCUT2D eigenvalue weighted by molar-refractivity contribution is 0.594. The quantitative estimate of drug-likeness (QED) is 0.600. The largest absolute Gasteiger partial charge is 0.346 e. The van der Waals surface area contributed by atoms with E-state index < -0.39 is 7.80 Å². The Kier molecular flexibility index (Phi) is 3.34. The van der Waals surface area contributed by atoms with Gasteiger partial charge >= 0.3 is 7.80 Å². The van der Waals surface area contributed by atoms with Crippen molar-refractivity contribution in [2.24, 2.45) is 0 Å². The molecule has 2 aromatic rings. The lowest BCUT2D eigenvalue weighted by Gasteiger charge is -1.98. The predicted molar refractivity (Wildman–Crippen MR) is 66.0 cm³/mol. The molecule has 0 aliphatic carbocycles. The summed E-state index contributed by atoms with van der Waals surface area (Å²) in [5, 5.41) is 2.08. The number of nitrogens with zero attached hydrogens (tertiary/aromatic N) is 1. The summed E-state index contributed by atoms with van der Waals surface area (Å²) in [7, 11) is -1.09. The molecule has 76 valence electrons. The van der Waals surface area contributed by atoms with Crippen LogP contribution in [0.25, 0.3) is 10.9 Å². The van der Waals surface area contributed by atoms with Gasteiger partial charge in [-0.3, -0.25) is 0 Å². The molecular formula is C11H11NOPS+. The fourth-order valence-electron chi connectivity index (χ4n) is 1.28. The fourth-order valence-corrected chi connectivity index (χ4v) is 2.87. The van der Waals surface area contributed by atoms with Crippen LogP contribution in [0.15, 0.2) is 41.4 Å². The second-order valence-electron chi connectivity index (χ2n) is 3.24. The molecule has 1 aromatic heterocycles. The molecule has 0 N–H and O–H groups in total. The summed E-state index contributed by atoms with van der Waals surface area (Å²) in [6.45, 7) is 1.74. The van der Waals surface area contributed by atoms with Gasteiger partial charge in [-0.2, -0.15) is 0 Å². The number of hydrogen-bond donors (Lipinski definition) is 0. The minimum atomic E-state index is -1.09. The molecule has 2 rings (SSSR count). The maximum absolute atomic E-state index is 11.0. The Labute approximate surface area is 93.9 Å². The van der Waals surface area contributed by atoms with Gasteiger partial charge in [-0.1, -0.05) is 40.6 Å². The lowest BCUT2D eigenvalue weighted by Crippen LogP contribution is -1.82. The van der Waals surface area contributed by atoms with Crippen LogP contribution in [-0.4, -0.2) is 17.1 Å². The van der Waals surface area contributed by atoms with E-state index in [1.54, 1.807) is 18.4 Å². The zero-order valence-electron chi connectivity index (χ0n) is 8.38. The Balaban J connectivity index is 2.26. The van der Waals surface area contributed by atoms with Crippen LogP contribution in [0.2, 0.25) is 0 Å². The number of pyridine rings is 1. The Bertz CT molecular complexity index is 501. The second kappa shape index (κ2) is 4.73. The first-order chi connectivity index (χ1) is 7.25. The average molecular weight is 236 g/mol. The van der Waals surface area contributed by atoms with Crippen molar-refractivity contribution >= 4 is 30.5 Å². The number of benzene rings is 1. The van der Waals surface area contributed by atoms with Crippen LogP contribution in [0.3, 0.4) is 0 Å². The third-order valence-electron chi connectivity index (χ3n) is 1.97. The Morgan fingerprint density at radius 3 is 2.87 bits per heavy atom. The van der Waals surface area contributed by atoms with Gasteiger partial charge in [0, 0.05) is 5.39 Å². The predicted octanol–water partition coefficient (Wildman–Crippen LogP) is 3.74. The average Bonchev–Trinajstić information content (AvgIpc) is 2.26. The smallest absolute Gasteiger partial charge is 0.241 e. The van der Waals surface area contributed by atoms with Crippen molar-refractivity contribution in [1.29, 1.82) is 0 Å². The van der Waals surface area contributed by atoms with Gasteiger partial charge in [0.05, 0.1) is 5.52 Å². The first-order valence-electron chi connectivity index (χ1n) is 4.62. The molecule has 0 radical (unpaired) electrons. The molecular weight excluding hydrogens is 225 g/mol. The summed E-state index contributed by atoms with van der Waals surface area (Å²) in [6.07, 6.45) is 0. The van der Waals surface area contributed by atoms with Gasteiger partial charge < -0.3 is 0 Å². The summed E-state index contributed by atoms with van der Waals surface area (Å²) in [5.74, 6) is 0. The SMILES string of the molecule is C[P+](=O)CSc1ccc2ccccc2n1. The highest BCUT2D eigenvalue weighted by Crippen LogP contribution is 2.28. The minimum absolute atomic E-state index is 0.640. The van der Waals surface area contributed by atoms with E-state index in [0.717, 1.165) is 15.9 Å². The van der Waals surface area contributed by atoms with E-state index in [4.69, 9.17) is 0 Å². The number of aromatic nitrogens is 1. The zero-order chi connectivity index (χ0) is 10.7. The normalized spacial score (nSPS) is 11.7. The first-order valence-corrected chi connectivity index (χ1v) is 7.50. The monoisotopic (exact) mass is 236 g/mol. The molecule has 1 aromatic carbocycles. The van der Waals surface area contributed by atoms with Crippen molar-refractivity contribution in [3.63, 3.8) is 0 Å². The van der Waals surface area contributed by atoms with Gasteiger partial charge in [0.25, 0.3) is 0 Å². The Morgan fingerprint density at radius 2 is 2.07 bits per heavy atom. The van der Waals surface area contributed by atoms with Crippen molar-refractivity contribution in [3.8, 4) is 0 Å². The number of para-hydroxylation sites is 1. The van der Waals surface area contributed by atoms with Crippen LogP contribution in [0.1, 0.15) is 0 Å². The highest BCUT2D eigenvalue weighted by atomic mass is 32.2. The molecule has 15 heavy (non-hydrogen) atoms. The maximum atomic E-state index is 11.0.